The molecule has 0 aromatic heterocycles. The zero-order valence-electron chi connectivity index (χ0n) is 10.2. The molecule has 6 nitrogen and oxygen atoms in total. The van der Waals surface area contributed by atoms with Gasteiger partial charge in [-0.3, -0.25) is 13.8 Å². The van der Waals surface area contributed by atoms with Crippen molar-refractivity contribution in [3.05, 3.63) is 12.2 Å². The zero-order valence-corrected chi connectivity index (χ0v) is 11.0. The number of esters is 1. The molecule has 2 rings (SSSR count). The van der Waals surface area contributed by atoms with Crippen molar-refractivity contribution in [3.63, 3.8) is 0 Å². The minimum absolute atomic E-state index is 0.196. The molecular formula is C11H17O6P. The summed E-state index contributed by atoms with van der Waals surface area (Å²) in [6.45, 7) is 1.82. The maximum absolute atomic E-state index is 11.5. The average Bonchev–Trinajstić information content (AvgIpc) is 2.62. The maximum Gasteiger partial charge on any atom is 0.473 e. The van der Waals surface area contributed by atoms with Crippen LogP contribution in [0.25, 0.3) is 0 Å². The van der Waals surface area contributed by atoms with Crippen LogP contribution >= 0.6 is 7.82 Å². The Bertz CT molecular complexity index is 393. The standard InChI is InChI=1S/C11H17O6P/c1-2-3-7-10(12)15-8-5-4-6-9-11(8)17-18(13,14)16-9/h2-3,8-9,11H,4-7H2,1H3,(H,13,14)/b3-2-. The van der Waals surface area contributed by atoms with E-state index in [0.717, 1.165) is 6.42 Å². The van der Waals surface area contributed by atoms with E-state index in [2.05, 4.69) is 0 Å². The van der Waals surface area contributed by atoms with E-state index in [1.807, 2.05) is 6.92 Å². The van der Waals surface area contributed by atoms with E-state index in [9.17, 15) is 14.3 Å². The first-order valence-corrected chi connectivity index (χ1v) is 7.51. The summed E-state index contributed by atoms with van der Waals surface area (Å²) in [6, 6.07) is 0. The van der Waals surface area contributed by atoms with Gasteiger partial charge in [0.2, 0.25) is 0 Å². The summed E-state index contributed by atoms with van der Waals surface area (Å²) in [5.74, 6) is -0.359. The molecule has 0 bridgehead atoms. The molecule has 7 heteroatoms. The van der Waals surface area contributed by atoms with Gasteiger partial charge in [-0.25, -0.2) is 4.57 Å². The van der Waals surface area contributed by atoms with Crippen LogP contribution in [-0.4, -0.2) is 29.2 Å². The lowest BCUT2D eigenvalue weighted by Gasteiger charge is -2.29. The van der Waals surface area contributed by atoms with E-state index in [1.54, 1.807) is 12.2 Å². The van der Waals surface area contributed by atoms with Gasteiger partial charge in [0.15, 0.2) is 0 Å². The van der Waals surface area contributed by atoms with Gasteiger partial charge in [-0.1, -0.05) is 12.2 Å². The van der Waals surface area contributed by atoms with Gasteiger partial charge in [0.25, 0.3) is 0 Å². The fourth-order valence-electron chi connectivity index (χ4n) is 2.24. The molecule has 2 fully saturated rings. The third kappa shape index (κ3) is 3.20. The molecule has 1 heterocycles. The molecular weight excluding hydrogens is 259 g/mol. The number of hydrogen-bond acceptors (Lipinski definition) is 5. The highest BCUT2D eigenvalue weighted by Gasteiger charge is 2.50. The molecule has 0 aromatic carbocycles. The normalized spacial score (nSPS) is 39.8. The van der Waals surface area contributed by atoms with Gasteiger partial charge in [-0.05, 0) is 26.2 Å². The Labute approximate surface area is 106 Å². The number of hydrogen-bond donors (Lipinski definition) is 1. The second-order valence-corrected chi connectivity index (χ2v) is 5.77. The number of phosphoric ester groups is 1. The van der Waals surface area contributed by atoms with Gasteiger partial charge >= 0.3 is 13.8 Å². The molecule has 1 saturated heterocycles. The highest BCUT2D eigenvalue weighted by Crippen LogP contribution is 2.56. The molecule has 2 aliphatic rings. The van der Waals surface area contributed by atoms with Crippen molar-refractivity contribution in [1.82, 2.24) is 0 Å². The second kappa shape index (κ2) is 5.53. The Morgan fingerprint density at radius 3 is 3.00 bits per heavy atom. The summed E-state index contributed by atoms with van der Waals surface area (Å²) in [6.07, 6.45) is 4.16. The zero-order chi connectivity index (χ0) is 13.2. The van der Waals surface area contributed by atoms with Crippen molar-refractivity contribution in [3.8, 4) is 0 Å². The van der Waals surface area contributed by atoms with Crippen molar-refractivity contribution < 1.29 is 28.0 Å². The lowest BCUT2D eigenvalue weighted by molar-refractivity contribution is -0.156. The maximum atomic E-state index is 11.5. The van der Waals surface area contributed by atoms with E-state index in [4.69, 9.17) is 13.8 Å². The Morgan fingerprint density at radius 2 is 2.28 bits per heavy atom. The summed E-state index contributed by atoms with van der Waals surface area (Å²) < 4.78 is 26.5. The monoisotopic (exact) mass is 276 g/mol. The minimum atomic E-state index is -3.96. The van der Waals surface area contributed by atoms with Gasteiger partial charge in [0.1, 0.15) is 12.2 Å². The van der Waals surface area contributed by atoms with Crippen LogP contribution in [-0.2, 0) is 23.1 Å². The number of carbonyl (C=O) groups excluding carboxylic acids is 1. The molecule has 102 valence electrons. The molecule has 0 radical (unpaired) electrons. The molecule has 1 saturated carbocycles. The summed E-state index contributed by atoms with van der Waals surface area (Å²) >= 11 is 0. The van der Waals surface area contributed by atoms with E-state index in [-0.39, 0.29) is 12.4 Å². The average molecular weight is 276 g/mol. The largest absolute Gasteiger partial charge is 0.473 e. The highest BCUT2D eigenvalue weighted by atomic mass is 31.2. The Morgan fingerprint density at radius 1 is 1.50 bits per heavy atom. The first-order chi connectivity index (χ1) is 8.52. The Hall–Kier alpha value is -0.680. The van der Waals surface area contributed by atoms with E-state index in [1.165, 1.54) is 0 Å². The molecule has 4 unspecified atom stereocenters. The van der Waals surface area contributed by atoms with Gasteiger partial charge in [0.05, 0.1) is 12.5 Å². The molecule has 1 N–H and O–H groups in total. The molecule has 0 spiro atoms. The predicted molar refractivity (Wildman–Crippen MR) is 62.7 cm³/mol. The van der Waals surface area contributed by atoms with Crippen molar-refractivity contribution in [2.24, 2.45) is 0 Å². The smallest absolute Gasteiger partial charge is 0.459 e. The van der Waals surface area contributed by atoms with E-state index < -0.39 is 26.1 Å². The van der Waals surface area contributed by atoms with Crippen molar-refractivity contribution >= 4 is 13.8 Å². The molecule has 0 amide bonds. The Kier molecular flexibility index (Phi) is 4.22. The summed E-state index contributed by atoms with van der Waals surface area (Å²) in [4.78, 5) is 20.8. The lowest BCUT2D eigenvalue weighted by Crippen LogP contribution is -2.41. The van der Waals surface area contributed by atoms with Crippen molar-refractivity contribution in [1.29, 1.82) is 0 Å². The van der Waals surface area contributed by atoms with Crippen LogP contribution in [0.4, 0.5) is 0 Å². The lowest BCUT2D eigenvalue weighted by atomic mass is 9.92. The van der Waals surface area contributed by atoms with E-state index in [0.29, 0.717) is 12.8 Å². The topological polar surface area (TPSA) is 82.1 Å². The number of fused-ring (bicyclic) bond motifs is 1. The SMILES string of the molecule is C/C=C\CC(=O)OC1CCCC2OP(=O)(O)OC12. The van der Waals surface area contributed by atoms with Crippen molar-refractivity contribution in [2.75, 3.05) is 0 Å². The summed E-state index contributed by atoms with van der Waals surface area (Å²) in [5.41, 5.74) is 0. The molecule has 4 atom stereocenters. The first-order valence-electron chi connectivity index (χ1n) is 6.02. The quantitative estimate of drug-likeness (QED) is 0.482. The summed E-state index contributed by atoms with van der Waals surface area (Å²) in [5, 5.41) is 0. The first kappa shape index (κ1) is 13.7. The third-order valence-electron chi connectivity index (χ3n) is 3.04. The fraction of sp³-hybridized carbons (Fsp3) is 0.727. The van der Waals surface area contributed by atoms with Crippen LogP contribution < -0.4 is 0 Å². The molecule has 1 aliphatic heterocycles. The Balaban J connectivity index is 1.96. The number of allylic oxidation sites excluding steroid dienone is 1. The van der Waals surface area contributed by atoms with Crippen LogP contribution in [0, 0.1) is 0 Å². The van der Waals surface area contributed by atoms with Gasteiger partial charge in [0, 0.05) is 0 Å². The minimum Gasteiger partial charge on any atom is -0.459 e. The second-order valence-electron chi connectivity index (χ2n) is 4.41. The summed E-state index contributed by atoms with van der Waals surface area (Å²) in [7, 11) is -3.96. The van der Waals surface area contributed by atoms with Gasteiger partial charge in [-0.2, -0.15) is 0 Å². The third-order valence-corrected chi connectivity index (χ3v) is 4.08. The van der Waals surface area contributed by atoms with Crippen LogP contribution in [0.5, 0.6) is 0 Å². The van der Waals surface area contributed by atoms with Crippen LogP contribution in [0.15, 0.2) is 12.2 Å². The molecule has 0 aromatic rings. The van der Waals surface area contributed by atoms with E-state index >= 15 is 0 Å². The highest BCUT2D eigenvalue weighted by molar-refractivity contribution is 7.47. The number of rotatable bonds is 3. The van der Waals surface area contributed by atoms with Crippen LogP contribution in [0.3, 0.4) is 0 Å². The predicted octanol–water partition coefficient (Wildman–Crippen LogP) is 1.93. The number of phosphoric acid groups is 1. The van der Waals surface area contributed by atoms with Gasteiger partial charge < -0.3 is 9.63 Å². The number of ether oxygens (including phenoxy) is 1. The fourth-order valence-corrected chi connectivity index (χ4v) is 3.44. The van der Waals surface area contributed by atoms with Crippen LogP contribution in [0.2, 0.25) is 0 Å². The van der Waals surface area contributed by atoms with Crippen molar-refractivity contribution in [2.45, 2.75) is 50.9 Å². The number of carbonyl (C=O) groups is 1. The molecule has 1 aliphatic carbocycles. The molecule has 18 heavy (non-hydrogen) atoms. The van der Waals surface area contributed by atoms with Gasteiger partial charge in [-0.15, -0.1) is 0 Å². The van der Waals surface area contributed by atoms with Crippen LogP contribution in [0.1, 0.15) is 32.6 Å².